The topological polar surface area (TPSA) is 78.0 Å². The van der Waals surface area contributed by atoms with Gasteiger partial charge in [-0.1, -0.05) is 30.3 Å². The van der Waals surface area contributed by atoms with Crippen molar-refractivity contribution in [3.63, 3.8) is 0 Å². The fourth-order valence-corrected chi connectivity index (χ4v) is 4.88. The number of hydrogen-bond acceptors (Lipinski definition) is 4. The molecule has 0 amide bonds. The van der Waals surface area contributed by atoms with Crippen molar-refractivity contribution in [1.29, 1.82) is 0 Å². The van der Waals surface area contributed by atoms with Crippen LogP contribution in [0.2, 0.25) is 0 Å². The molecular weight excluding hydrogens is 286 g/mol. The lowest BCUT2D eigenvalue weighted by atomic mass is 9.90. The van der Waals surface area contributed by atoms with Gasteiger partial charge in [0.15, 0.2) is 9.84 Å². The number of hydrogen-bond donors (Lipinski definition) is 1. The predicted octanol–water partition coefficient (Wildman–Crippen LogP) is 1.88. The molecule has 1 aliphatic heterocycles. The number of nitrogen functional groups attached to an aromatic ring is 1. The molecule has 2 aromatic rings. The zero-order chi connectivity index (χ0) is 14.9. The summed E-state index contributed by atoms with van der Waals surface area (Å²) in [6.07, 6.45) is 4.98. The van der Waals surface area contributed by atoms with Crippen LogP contribution in [-0.4, -0.2) is 29.7 Å². The molecule has 3 rings (SSSR count). The van der Waals surface area contributed by atoms with Crippen molar-refractivity contribution >= 4 is 15.5 Å². The molecule has 0 radical (unpaired) electrons. The Hall–Kier alpha value is -1.82. The minimum absolute atomic E-state index is 0.0328. The van der Waals surface area contributed by atoms with Gasteiger partial charge in [0.05, 0.1) is 29.4 Å². The Morgan fingerprint density at radius 1 is 1.29 bits per heavy atom. The van der Waals surface area contributed by atoms with Gasteiger partial charge in [0.25, 0.3) is 0 Å². The Balaban J connectivity index is 2.00. The van der Waals surface area contributed by atoms with E-state index >= 15 is 0 Å². The minimum atomic E-state index is -2.96. The fourth-order valence-electron chi connectivity index (χ4n) is 3.10. The van der Waals surface area contributed by atoms with E-state index in [0.29, 0.717) is 17.9 Å². The third-order valence-corrected chi connectivity index (χ3v) is 5.84. The summed E-state index contributed by atoms with van der Waals surface area (Å²) >= 11 is 0. The number of anilines is 1. The summed E-state index contributed by atoms with van der Waals surface area (Å²) in [5.74, 6) is 0.545. The molecule has 1 aliphatic rings. The van der Waals surface area contributed by atoms with Gasteiger partial charge in [0.2, 0.25) is 0 Å². The van der Waals surface area contributed by atoms with Crippen molar-refractivity contribution < 1.29 is 8.42 Å². The van der Waals surface area contributed by atoms with Crippen LogP contribution in [-0.2, 0) is 9.84 Å². The van der Waals surface area contributed by atoms with Crippen LogP contribution in [0.1, 0.15) is 24.4 Å². The van der Waals surface area contributed by atoms with Gasteiger partial charge in [-0.2, -0.15) is 5.10 Å². The van der Waals surface area contributed by atoms with Crippen LogP contribution in [0, 0.1) is 5.92 Å². The summed E-state index contributed by atoms with van der Waals surface area (Å²) in [7, 11) is -2.96. The zero-order valence-corrected chi connectivity index (χ0v) is 12.5. The van der Waals surface area contributed by atoms with Crippen molar-refractivity contribution in [1.82, 2.24) is 9.78 Å². The lowest BCUT2D eigenvalue weighted by Crippen LogP contribution is -2.32. The van der Waals surface area contributed by atoms with Gasteiger partial charge < -0.3 is 5.73 Å². The molecule has 21 heavy (non-hydrogen) atoms. The molecule has 6 heteroatoms. The third kappa shape index (κ3) is 3.10. The smallest absolute Gasteiger partial charge is 0.150 e. The van der Waals surface area contributed by atoms with Gasteiger partial charge in [-0.05, 0) is 24.3 Å². The van der Waals surface area contributed by atoms with Crippen molar-refractivity contribution in [2.24, 2.45) is 5.92 Å². The standard InChI is InChI=1S/C15H19N3O2S/c16-14-9-17-18(10-14)15(12-5-2-1-3-6-12)13-7-4-8-21(19,20)11-13/h1-3,5-6,9-10,13,15H,4,7-8,11,16H2. The first kappa shape index (κ1) is 14.1. The summed E-state index contributed by atoms with van der Waals surface area (Å²) in [6, 6.07) is 9.83. The second-order valence-corrected chi connectivity index (χ2v) is 7.85. The molecule has 1 fully saturated rings. The van der Waals surface area contributed by atoms with E-state index in [0.717, 1.165) is 12.0 Å². The van der Waals surface area contributed by atoms with Crippen molar-refractivity contribution in [3.8, 4) is 0 Å². The van der Waals surface area contributed by atoms with E-state index in [-0.39, 0.29) is 17.7 Å². The molecule has 0 aliphatic carbocycles. The molecule has 0 bridgehead atoms. The highest BCUT2D eigenvalue weighted by molar-refractivity contribution is 7.91. The highest BCUT2D eigenvalue weighted by Gasteiger charge is 2.33. The van der Waals surface area contributed by atoms with Crippen LogP contribution in [0.25, 0.3) is 0 Å². The lowest BCUT2D eigenvalue weighted by Gasteiger charge is -2.30. The Morgan fingerprint density at radius 3 is 2.67 bits per heavy atom. The molecular formula is C15H19N3O2S. The molecule has 2 heterocycles. The van der Waals surface area contributed by atoms with Gasteiger partial charge in [0, 0.05) is 6.20 Å². The maximum absolute atomic E-state index is 12.0. The van der Waals surface area contributed by atoms with Gasteiger partial charge in [-0.3, -0.25) is 4.68 Å². The van der Waals surface area contributed by atoms with E-state index in [4.69, 9.17) is 5.73 Å². The van der Waals surface area contributed by atoms with E-state index in [9.17, 15) is 8.42 Å². The summed E-state index contributed by atoms with van der Waals surface area (Å²) < 4.78 is 25.8. The van der Waals surface area contributed by atoms with Gasteiger partial charge in [0.1, 0.15) is 0 Å². The second kappa shape index (κ2) is 5.52. The number of nitrogens with two attached hydrogens (primary N) is 1. The SMILES string of the molecule is Nc1cnn(C(c2ccccc2)C2CCCS(=O)(=O)C2)c1. The molecule has 0 spiro atoms. The summed E-state index contributed by atoms with van der Waals surface area (Å²) in [4.78, 5) is 0. The molecule has 1 aromatic carbocycles. The van der Waals surface area contributed by atoms with Gasteiger partial charge in [-0.15, -0.1) is 0 Å². The first-order valence-electron chi connectivity index (χ1n) is 7.10. The molecule has 2 atom stereocenters. The van der Waals surface area contributed by atoms with Crippen LogP contribution in [0.5, 0.6) is 0 Å². The lowest BCUT2D eigenvalue weighted by molar-refractivity contribution is 0.346. The van der Waals surface area contributed by atoms with Gasteiger partial charge >= 0.3 is 0 Å². The number of benzene rings is 1. The average molecular weight is 305 g/mol. The highest BCUT2D eigenvalue weighted by Crippen LogP contribution is 2.33. The third-order valence-electron chi connectivity index (χ3n) is 3.99. The van der Waals surface area contributed by atoms with Crippen molar-refractivity contribution in [3.05, 3.63) is 48.3 Å². The Labute approximate surface area is 124 Å². The van der Waals surface area contributed by atoms with Crippen molar-refractivity contribution in [2.45, 2.75) is 18.9 Å². The molecule has 1 saturated heterocycles. The van der Waals surface area contributed by atoms with Crippen LogP contribution in [0.4, 0.5) is 5.69 Å². The zero-order valence-electron chi connectivity index (χ0n) is 11.7. The normalized spacial score (nSPS) is 22.8. The summed E-state index contributed by atoms with van der Waals surface area (Å²) in [6.45, 7) is 0. The van der Waals surface area contributed by atoms with E-state index < -0.39 is 9.84 Å². The van der Waals surface area contributed by atoms with Crippen LogP contribution in [0.15, 0.2) is 42.7 Å². The first-order chi connectivity index (χ1) is 10.1. The number of sulfone groups is 1. The Morgan fingerprint density at radius 2 is 2.05 bits per heavy atom. The van der Waals surface area contributed by atoms with E-state index in [1.165, 1.54) is 0 Å². The quantitative estimate of drug-likeness (QED) is 0.939. The van der Waals surface area contributed by atoms with E-state index in [1.807, 2.05) is 30.3 Å². The molecule has 2 N–H and O–H groups in total. The highest BCUT2D eigenvalue weighted by atomic mass is 32.2. The fraction of sp³-hybridized carbons (Fsp3) is 0.400. The minimum Gasteiger partial charge on any atom is -0.396 e. The van der Waals surface area contributed by atoms with E-state index in [2.05, 4.69) is 5.10 Å². The first-order valence-corrected chi connectivity index (χ1v) is 8.92. The number of rotatable bonds is 3. The van der Waals surface area contributed by atoms with Gasteiger partial charge in [-0.25, -0.2) is 8.42 Å². The Bertz CT molecular complexity index is 710. The van der Waals surface area contributed by atoms with Crippen molar-refractivity contribution in [2.75, 3.05) is 17.2 Å². The number of aromatic nitrogens is 2. The molecule has 112 valence electrons. The molecule has 2 unspecified atom stereocenters. The Kier molecular flexibility index (Phi) is 3.71. The maximum Gasteiger partial charge on any atom is 0.150 e. The van der Waals surface area contributed by atoms with Crippen LogP contribution in [0.3, 0.4) is 0 Å². The van der Waals surface area contributed by atoms with Crippen LogP contribution < -0.4 is 5.73 Å². The van der Waals surface area contributed by atoms with E-state index in [1.54, 1.807) is 17.1 Å². The number of nitrogens with zero attached hydrogens (tertiary/aromatic N) is 2. The summed E-state index contributed by atoms with van der Waals surface area (Å²) in [5.41, 5.74) is 7.44. The second-order valence-electron chi connectivity index (χ2n) is 5.63. The largest absolute Gasteiger partial charge is 0.396 e. The average Bonchev–Trinajstić information content (AvgIpc) is 2.85. The molecule has 0 saturated carbocycles. The summed E-state index contributed by atoms with van der Waals surface area (Å²) in [5, 5.41) is 4.31. The monoisotopic (exact) mass is 305 g/mol. The van der Waals surface area contributed by atoms with Crippen LogP contribution >= 0.6 is 0 Å². The molecule has 1 aromatic heterocycles. The maximum atomic E-state index is 12.0. The molecule has 5 nitrogen and oxygen atoms in total. The predicted molar refractivity (Wildman–Crippen MR) is 82.6 cm³/mol.